The second-order valence-corrected chi connectivity index (χ2v) is 5.23. The van der Waals surface area contributed by atoms with Gasteiger partial charge < -0.3 is 15.2 Å². The second kappa shape index (κ2) is 6.25. The van der Waals surface area contributed by atoms with Crippen LogP contribution in [0.3, 0.4) is 0 Å². The lowest BCUT2D eigenvalue weighted by Crippen LogP contribution is -2.13. The highest BCUT2D eigenvalue weighted by Crippen LogP contribution is 2.38. The molecule has 1 aliphatic rings. The quantitative estimate of drug-likeness (QED) is 0.752. The average Bonchev–Trinajstić information content (AvgIpc) is 2.86. The highest BCUT2D eigenvalue weighted by atomic mass is 32.1. The summed E-state index contributed by atoms with van der Waals surface area (Å²) in [6, 6.07) is 0. The van der Waals surface area contributed by atoms with E-state index in [-0.39, 0.29) is 6.61 Å². The molecule has 5 nitrogen and oxygen atoms in total. The van der Waals surface area contributed by atoms with E-state index < -0.39 is 24.9 Å². The van der Waals surface area contributed by atoms with Crippen LogP contribution >= 0.6 is 11.3 Å². The number of ether oxygens (including phenoxy) is 1. The van der Waals surface area contributed by atoms with Crippen LogP contribution in [0.4, 0.5) is 13.9 Å². The van der Waals surface area contributed by atoms with Gasteiger partial charge in [0.2, 0.25) is 0 Å². The molecule has 1 aromatic rings. The van der Waals surface area contributed by atoms with Crippen molar-refractivity contribution < 1.29 is 23.4 Å². The predicted octanol–water partition coefficient (Wildman–Crippen LogP) is 1.95. The second-order valence-electron chi connectivity index (χ2n) is 4.15. The highest BCUT2D eigenvalue weighted by Gasteiger charge is 2.32. The lowest BCUT2D eigenvalue weighted by atomic mass is 10.1. The van der Waals surface area contributed by atoms with Crippen molar-refractivity contribution in [1.29, 1.82) is 0 Å². The topological polar surface area (TPSA) is 71.5 Å². The van der Waals surface area contributed by atoms with Crippen molar-refractivity contribution in [2.24, 2.45) is 0 Å². The number of fused-ring (bicyclic) bond motifs is 1. The Kier molecular flexibility index (Phi) is 4.65. The summed E-state index contributed by atoms with van der Waals surface area (Å²) in [6.45, 7) is -0.0368. The SMILES string of the molecule is O=C(O)C1CCc2sc(NCCOCC(F)F)nc21. The van der Waals surface area contributed by atoms with Crippen LogP contribution < -0.4 is 5.32 Å². The Labute approximate surface area is 112 Å². The van der Waals surface area contributed by atoms with Crippen LogP contribution in [0, 0.1) is 0 Å². The molecule has 19 heavy (non-hydrogen) atoms. The highest BCUT2D eigenvalue weighted by molar-refractivity contribution is 7.15. The van der Waals surface area contributed by atoms with E-state index in [0.29, 0.717) is 23.8 Å². The summed E-state index contributed by atoms with van der Waals surface area (Å²) in [7, 11) is 0. The fourth-order valence-electron chi connectivity index (χ4n) is 1.95. The molecule has 106 valence electrons. The number of halogens is 2. The number of aryl methyl sites for hydroxylation is 1. The molecule has 1 heterocycles. The minimum absolute atomic E-state index is 0.164. The summed E-state index contributed by atoms with van der Waals surface area (Å²) in [6.07, 6.45) is -1.13. The monoisotopic (exact) mass is 292 g/mol. The van der Waals surface area contributed by atoms with E-state index in [1.54, 1.807) is 0 Å². The zero-order valence-electron chi connectivity index (χ0n) is 10.1. The molecule has 2 rings (SSSR count). The Balaban J connectivity index is 1.80. The lowest BCUT2D eigenvalue weighted by molar-refractivity contribution is -0.138. The minimum Gasteiger partial charge on any atom is -0.481 e. The summed E-state index contributed by atoms with van der Waals surface area (Å²) in [5, 5.41) is 12.6. The molecule has 0 saturated carbocycles. The van der Waals surface area contributed by atoms with Crippen molar-refractivity contribution in [2.75, 3.05) is 25.1 Å². The molecule has 0 saturated heterocycles. The van der Waals surface area contributed by atoms with E-state index in [9.17, 15) is 13.6 Å². The van der Waals surface area contributed by atoms with Gasteiger partial charge in [-0.2, -0.15) is 0 Å². The van der Waals surface area contributed by atoms with Crippen molar-refractivity contribution in [3.8, 4) is 0 Å². The number of carboxylic acid groups (broad SMARTS) is 1. The number of aromatic nitrogens is 1. The third-order valence-corrected chi connectivity index (χ3v) is 3.87. The first-order chi connectivity index (χ1) is 9.08. The Morgan fingerprint density at radius 1 is 1.63 bits per heavy atom. The molecular weight excluding hydrogens is 278 g/mol. The maximum atomic E-state index is 11.8. The fraction of sp³-hybridized carbons (Fsp3) is 0.636. The molecule has 1 aromatic heterocycles. The summed E-state index contributed by atoms with van der Waals surface area (Å²) in [5.41, 5.74) is 0.633. The number of anilines is 1. The molecule has 0 spiro atoms. The van der Waals surface area contributed by atoms with Crippen LogP contribution in [-0.4, -0.2) is 42.2 Å². The number of aliphatic carboxylic acids is 1. The number of rotatable bonds is 7. The van der Waals surface area contributed by atoms with Gasteiger partial charge in [-0.15, -0.1) is 11.3 Å². The van der Waals surface area contributed by atoms with Crippen LogP contribution in [-0.2, 0) is 16.0 Å². The maximum absolute atomic E-state index is 11.8. The van der Waals surface area contributed by atoms with Gasteiger partial charge in [0.25, 0.3) is 6.43 Å². The van der Waals surface area contributed by atoms with E-state index in [1.165, 1.54) is 11.3 Å². The summed E-state index contributed by atoms with van der Waals surface area (Å²) >= 11 is 1.42. The molecule has 0 aromatic carbocycles. The summed E-state index contributed by atoms with van der Waals surface area (Å²) in [4.78, 5) is 16.2. The Bertz CT molecular complexity index is 453. The maximum Gasteiger partial charge on any atom is 0.312 e. The number of thiazole rings is 1. The number of carboxylic acids is 1. The standard InChI is InChI=1S/C11H14F2N2O3S/c12-8(13)5-18-4-3-14-11-15-9-6(10(16)17)1-2-7(9)19-11/h6,8H,1-5H2,(H,14,15)(H,16,17). The Morgan fingerprint density at radius 2 is 2.42 bits per heavy atom. The van der Waals surface area contributed by atoms with Gasteiger partial charge in [-0.3, -0.25) is 4.79 Å². The van der Waals surface area contributed by atoms with Gasteiger partial charge in [-0.05, 0) is 12.8 Å². The van der Waals surface area contributed by atoms with E-state index in [2.05, 4.69) is 10.3 Å². The molecule has 8 heteroatoms. The number of nitrogens with zero attached hydrogens (tertiary/aromatic N) is 1. The molecule has 1 unspecified atom stereocenters. The molecule has 0 aliphatic heterocycles. The molecule has 1 atom stereocenters. The molecular formula is C11H14F2N2O3S. The minimum atomic E-state index is -2.46. The van der Waals surface area contributed by atoms with E-state index in [4.69, 9.17) is 9.84 Å². The largest absolute Gasteiger partial charge is 0.481 e. The molecule has 0 fully saturated rings. The molecule has 1 aliphatic carbocycles. The van der Waals surface area contributed by atoms with Crippen LogP contribution in [0.15, 0.2) is 0 Å². The van der Waals surface area contributed by atoms with Gasteiger partial charge in [0, 0.05) is 11.4 Å². The first-order valence-corrected chi connectivity index (χ1v) is 6.71. The predicted molar refractivity (Wildman–Crippen MR) is 66.1 cm³/mol. The molecule has 2 N–H and O–H groups in total. The number of hydrogen-bond donors (Lipinski definition) is 2. The van der Waals surface area contributed by atoms with Crippen molar-refractivity contribution >= 4 is 22.4 Å². The van der Waals surface area contributed by atoms with E-state index in [0.717, 1.165) is 11.3 Å². The van der Waals surface area contributed by atoms with Crippen LogP contribution in [0.1, 0.15) is 22.9 Å². The third-order valence-electron chi connectivity index (χ3n) is 2.78. The molecule has 0 bridgehead atoms. The van der Waals surface area contributed by atoms with Gasteiger partial charge in [0.15, 0.2) is 5.13 Å². The molecule has 0 amide bonds. The number of carbonyl (C=O) groups is 1. The number of nitrogens with one attached hydrogen (secondary N) is 1. The van der Waals surface area contributed by atoms with E-state index >= 15 is 0 Å². The average molecular weight is 292 g/mol. The zero-order valence-corrected chi connectivity index (χ0v) is 10.9. The van der Waals surface area contributed by atoms with Gasteiger partial charge >= 0.3 is 5.97 Å². The number of hydrogen-bond acceptors (Lipinski definition) is 5. The van der Waals surface area contributed by atoms with Crippen LogP contribution in [0.2, 0.25) is 0 Å². The third kappa shape index (κ3) is 3.60. The Morgan fingerprint density at radius 3 is 3.11 bits per heavy atom. The zero-order chi connectivity index (χ0) is 13.8. The fourth-order valence-corrected chi connectivity index (χ4v) is 3.01. The number of alkyl halides is 2. The summed E-state index contributed by atoms with van der Waals surface area (Å²) in [5.74, 6) is -1.37. The first-order valence-electron chi connectivity index (χ1n) is 5.90. The van der Waals surface area contributed by atoms with Crippen molar-refractivity contribution in [2.45, 2.75) is 25.2 Å². The first kappa shape index (κ1) is 14.1. The van der Waals surface area contributed by atoms with Gasteiger partial charge in [0.05, 0.1) is 12.3 Å². The van der Waals surface area contributed by atoms with Crippen LogP contribution in [0.25, 0.3) is 0 Å². The van der Waals surface area contributed by atoms with Crippen molar-refractivity contribution in [3.05, 3.63) is 10.6 Å². The van der Waals surface area contributed by atoms with E-state index in [1.807, 2.05) is 0 Å². The van der Waals surface area contributed by atoms with Crippen molar-refractivity contribution in [3.63, 3.8) is 0 Å². The smallest absolute Gasteiger partial charge is 0.312 e. The van der Waals surface area contributed by atoms with Crippen LogP contribution in [0.5, 0.6) is 0 Å². The summed E-state index contributed by atoms with van der Waals surface area (Å²) < 4.78 is 28.3. The molecule has 0 radical (unpaired) electrons. The van der Waals surface area contributed by atoms with Crippen molar-refractivity contribution in [1.82, 2.24) is 4.98 Å². The van der Waals surface area contributed by atoms with Gasteiger partial charge in [-0.25, -0.2) is 13.8 Å². The van der Waals surface area contributed by atoms with Gasteiger partial charge in [0.1, 0.15) is 12.5 Å². The van der Waals surface area contributed by atoms with Gasteiger partial charge in [-0.1, -0.05) is 0 Å². The Hall–Kier alpha value is -1.28. The normalized spacial score (nSPS) is 17.7. The lowest BCUT2D eigenvalue weighted by Gasteiger charge is -2.05.